The van der Waals surface area contributed by atoms with Gasteiger partial charge in [0.2, 0.25) is 0 Å². The summed E-state index contributed by atoms with van der Waals surface area (Å²) in [4.78, 5) is 44.6. The first-order chi connectivity index (χ1) is 20.5. The van der Waals surface area contributed by atoms with E-state index < -0.39 is 18.0 Å². The van der Waals surface area contributed by atoms with Gasteiger partial charge in [-0.25, -0.2) is 14.6 Å². The molecule has 9 heteroatoms. The van der Waals surface area contributed by atoms with E-state index in [1.807, 2.05) is 67.0 Å². The summed E-state index contributed by atoms with van der Waals surface area (Å²) in [5, 5.41) is 0. The first-order valence-electron chi connectivity index (χ1n) is 14.2. The molecule has 1 aliphatic rings. The van der Waals surface area contributed by atoms with Crippen LogP contribution in [0.2, 0.25) is 0 Å². The summed E-state index contributed by atoms with van der Waals surface area (Å²) < 4.78 is 14.5. The third-order valence-corrected chi connectivity index (χ3v) is 8.70. The molecule has 1 aliphatic heterocycles. The van der Waals surface area contributed by atoms with Crippen LogP contribution < -0.4 is 14.9 Å². The molecule has 0 radical (unpaired) electrons. The zero-order chi connectivity index (χ0) is 31.0. The smallest absolute Gasteiger partial charge is 0.338 e. The van der Waals surface area contributed by atoms with Crippen molar-refractivity contribution in [2.75, 3.05) is 13.7 Å². The van der Waals surface area contributed by atoms with Crippen LogP contribution in [-0.2, 0) is 14.3 Å². The number of thiazole rings is 1. The van der Waals surface area contributed by atoms with E-state index in [0.29, 0.717) is 32.1 Å². The van der Waals surface area contributed by atoms with E-state index in [4.69, 9.17) is 14.5 Å². The number of hydrogen-bond donors (Lipinski definition) is 0. The number of esters is 2. The molecule has 0 aliphatic carbocycles. The van der Waals surface area contributed by atoms with Crippen LogP contribution in [0.25, 0.3) is 11.8 Å². The summed E-state index contributed by atoms with van der Waals surface area (Å²) in [6.45, 7) is 12.0. The third kappa shape index (κ3) is 5.52. The Balaban J connectivity index is 1.66. The van der Waals surface area contributed by atoms with Crippen LogP contribution in [0, 0.1) is 13.8 Å². The lowest BCUT2D eigenvalue weighted by atomic mass is 9.93. The molecule has 0 amide bonds. The van der Waals surface area contributed by atoms with Crippen LogP contribution in [-0.4, -0.2) is 34.8 Å². The molecule has 222 valence electrons. The van der Waals surface area contributed by atoms with Crippen molar-refractivity contribution in [3.05, 3.63) is 119 Å². The van der Waals surface area contributed by atoms with Gasteiger partial charge >= 0.3 is 11.9 Å². The molecule has 1 atom stereocenters. The molecule has 0 saturated carbocycles. The van der Waals surface area contributed by atoms with Crippen LogP contribution in [0.1, 0.15) is 78.1 Å². The highest BCUT2D eigenvalue weighted by Gasteiger charge is 2.33. The lowest BCUT2D eigenvalue weighted by molar-refractivity contribution is -0.139. The summed E-state index contributed by atoms with van der Waals surface area (Å²) >= 11 is 1.29. The number of aryl methyl sites for hydroxylation is 1. The van der Waals surface area contributed by atoms with E-state index in [1.54, 1.807) is 30.5 Å². The fourth-order valence-electron chi connectivity index (χ4n) is 5.53. The average molecular weight is 598 g/mol. The monoisotopic (exact) mass is 597 g/mol. The second kappa shape index (κ2) is 12.0. The van der Waals surface area contributed by atoms with E-state index in [2.05, 4.69) is 13.8 Å². The van der Waals surface area contributed by atoms with Crippen molar-refractivity contribution in [3.63, 3.8) is 0 Å². The molecule has 0 fully saturated rings. The highest BCUT2D eigenvalue weighted by Crippen LogP contribution is 2.31. The van der Waals surface area contributed by atoms with Crippen molar-refractivity contribution in [3.8, 4) is 5.69 Å². The number of allylic oxidation sites excluding steroid dienone is 1. The number of nitrogens with zero attached hydrogens (tertiary/aromatic N) is 3. The summed E-state index contributed by atoms with van der Waals surface area (Å²) in [6.07, 6.45) is 1.87. The van der Waals surface area contributed by atoms with Gasteiger partial charge in [0.15, 0.2) is 4.80 Å². The Kier molecular flexibility index (Phi) is 8.37. The SMILES string of the molecule is CCOC(=O)C1=C(C)N=c2s/c(=C/c3cc(C)n(-c4cccc(C(=O)OC)c4)c3C)c(=O)n2[C@H]1c1ccc(C(C)C)cc1. The van der Waals surface area contributed by atoms with Crippen LogP contribution in [0.3, 0.4) is 0 Å². The quantitative estimate of drug-likeness (QED) is 0.276. The molecule has 43 heavy (non-hydrogen) atoms. The van der Waals surface area contributed by atoms with Gasteiger partial charge in [0.1, 0.15) is 0 Å². The topological polar surface area (TPSA) is 91.9 Å². The Morgan fingerprint density at radius 1 is 1.05 bits per heavy atom. The van der Waals surface area contributed by atoms with Crippen molar-refractivity contribution in [2.24, 2.45) is 4.99 Å². The maximum atomic E-state index is 14.1. The minimum absolute atomic E-state index is 0.219. The van der Waals surface area contributed by atoms with Gasteiger partial charge in [0.05, 0.1) is 41.1 Å². The van der Waals surface area contributed by atoms with Gasteiger partial charge in [0.25, 0.3) is 5.56 Å². The zero-order valence-electron chi connectivity index (χ0n) is 25.4. The molecule has 8 nitrogen and oxygen atoms in total. The summed E-state index contributed by atoms with van der Waals surface area (Å²) in [5.74, 6) is -0.537. The molecule has 0 N–H and O–H groups in total. The zero-order valence-corrected chi connectivity index (χ0v) is 26.2. The standard InChI is InChI=1S/C34H35N3O5S/c1-8-42-33(40)29-21(5)35-34-37(30(29)24-14-12-23(13-15-24)19(2)3)31(38)28(43-34)18-26-16-20(4)36(22(26)6)27-11-9-10-25(17-27)32(39)41-7/h9-19,30H,8H2,1-7H3/b28-18+/t30-/m0/s1. The van der Waals surface area contributed by atoms with Gasteiger partial charge in [-0.15, -0.1) is 0 Å². The van der Waals surface area contributed by atoms with Gasteiger partial charge in [-0.2, -0.15) is 0 Å². The molecule has 0 bridgehead atoms. The average Bonchev–Trinajstić information content (AvgIpc) is 3.45. The maximum absolute atomic E-state index is 14.1. The Hall–Kier alpha value is -4.50. The van der Waals surface area contributed by atoms with Crippen LogP contribution >= 0.6 is 11.3 Å². The van der Waals surface area contributed by atoms with E-state index in [9.17, 15) is 14.4 Å². The molecular weight excluding hydrogens is 562 g/mol. The fourth-order valence-corrected chi connectivity index (χ4v) is 6.57. The van der Waals surface area contributed by atoms with Crippen molar-refractivity contribution >= 4 is 29.4 Å². The number of fused-ring (bicyclic) bond motifs is 1. The number of ether oxygens (including phenoxy) is 2. The Morgan fingerprint density at radius 3 is 2.42 bits per heavy atom. The maximum Gasteiger partial charge on any atom is 0.338 e. The molecule has 2 aromatic heterocycles. The number of aromatic nitrogens is 2. The van der Waals surface area contributed by atoms with E-state index in [0.717, 1.165) is 28.2 Å². The van der Waals surface area contributed by atoms with Gasteiger partial charge in [0, 0.05) is 17.1 Å². The summed E-state index contributed by atoms with van der Waals surface area (Å²) in [5.41, 5.74) is 6.65. The lowest BCUT2D eigenvalue weighted by Crippen LogP contribution is -2.39. The molecule has 0 unspecified atom stereocenters. The molecular formula is C34H35N3O5S. The number of methoxy groups -OCH3 is 1. The molecule has 3 heterocycles. The first-order valence-corrected chi connectivity index (χ1v) is 15.0. The molecule has 2 aromatic carbocycles. The van der Waals surface area contributed by atoms with Gasteiger partial charge in [-0.1, -0.05) is 55.5 Å². The second-order valence-electron chi connectivity index (χ2n) is 10.8. The lowest BCUT2D eigenvalue weighted by Gasteiger charge is -2.25. The highest BCUT2D eigenvalue weighted by molar-refractivity contribution is 7.07. The molecule has 0 saturated heterocycles. The predicted molar refractivity (Wildman–Crippen MR) is 168 cm³/mol. The minimum Gasteiger partial charge on any atom is -0.465 e. The minimum atomic E-state index is -0.660. The third-order valence-electron chi connectivity index (χ3n) is 7.72. The van der Waals surface area contributed by atoms with Crippen LogP contribution in [0.4, 0.5) is 0 Å². The van der Waals surface area contributed by atoms with E-state index in [1.165, 1.54) is 24.0 Å². The van der Waals surface area contributed by atoms with Crippen molar-refractivity contribution in [1.29, 1.82) is 0 Å². The second-order valence-corrected chi connectivity index (χ2v) is 11.8. The predicted octanol–water partition coefficient (Wildman–Crippen LogP) is 5.12. The normalized spacial score (nSPS) is 15.0. The van der Waals surface area contributed by atoms with E-state index in [-0.39, 0.29) is 12.2 Å². The summed E-state index contributed by atoms with van der Waals surface area (Å²) in [7, 11) is 1.36. The number of carbonyl (C=O) groups is 2. The van der Waals surface area contributed by atoms with Crippen molar-refractivity contribution in [2.45, 2.75) is 53.5 Å². The summed E-state index contributed by atoms with van der Waals surface area (Å²) in [6, 6.07) is 16.6. The molecule has 0 spiro atoms. The molecule has 5 rings (SSSR count). The Morgan fingerprint density at radius 2 is 1.77 bits per heavy atom. The Bertz CT molecular complexity index is 1940. The highest BCUT2D eigenvalue weighted by atomic mass is 32.1. The Labute approximate surface area is 254 Å². The largest absolute Gasteiger partial charge is 0.465 e. The number of rotatable bonds is 7. The van der Waals surface area contributed by atoms with Crippen molar-refractivity contribution in [1.82, 2.24) is 9.13 Å². The van der Waals surface area contributed by atoms with Gasteiger partial charge < -0.3 is 14.0 Å². The van der Waals surface area contributed by atoms with Crippen LogP contribution in [0.15, 0.2) is 75.7 Å². The number of hydrogen-bond acceptors (Lipinski definition) is 7. The molecule has 4 aromatic rings. The van der Waals surface area contributed by atoms with Gasteiger partial charge in [-0.3, -0.25) is 9.36 Å². The fraction of sp³-hybridized carbons (Fsp3) is 0.294. The number of carbonyl (C=O) groups excluding carboxylic acids is 2. The van der Waals surface area contributed by atoms with Gasteiger partial charge in [-0.05, 0) is 80.6 Å². The van der Waals surface area contributed by atoms with Crippen LogP contribution in [0.5, 0.6) is 0 Å². The van der Waals surface area contributed by atoms with E-state index >= 15 is 0 Å². The first kappa shape index (κ1) is 30.0. The number of benzene rings is 2. The van der Waals surface area contributed by atoms with Crippen molar-refractivity contribution < 1.29 is 19.1 Å².